The molecule has 62 valence electrons. The van der Waals surface area contributed by atoms with Crippen LogP contribution < -0.4 is 5.43 Å². The van der Waals surface area contributed by atoms with Crippen molar-refractivity contribution in [1.29, 1.82) is 0 Å². The first kappa shape index (κ1) is 9.75. The summed E-state index contributed by atoms with van der Waals surface area (Å²) in [7, 11) is 0. The zero-order chi connectivity index (χ0) is 8.85. The Bertz CT molecular complexity index is 239. The molecule has 0 radical (unpaired) electrons. The Morgan fingerprint density at radius 2 is 1.91 bits per heavy atom. The van der Waals surface area contributed by atoms with Gasteiger partial charge in [-0.15, -0.1) is 0 Å². The molecule has 3 nitrogen and oxygen atoms in total. The van der Waals surface area contributed by atoms with Gasteiger partial charge >= 0.3 is 0 Å². The molecule has 1 rings (SSSR count). The molecule has 0 aliphatic rings. The minimum absolute atomic E-state index is 0.338. The maximum Gasteiger partial charge on any atom is 0.229 e. The van der Waals surface area contributed by atoms with E-state index in [2.05, 4.69) is 4.42 Å². The van der Waals surface area contributed by atoms with Gasteiger partial charge in [0, 0.05) is 5.56 Å². The number of hydrogen-bond donors (Lipinski definition) is 1. The molecule has 0 saturated heterocycles. The van der Waals surface area contributed by atoms with Gasteiger partial charge in [0.25, 0.3) is 0 Å². The molecule has 0 unspecified atom stereocenters. The Morgan fingerprint density at radius 1 is 1.36 bits per heavy atom. The molecule has 3 heteroatoms. The van der Waals surface area contributed by atoms with Crippen molar-refractivity contribution in [3.05, 3.63) is 28.3 Å². The van der Waals surface area contributed by atoms with Crippen LogP contribution in [0.3, 0.4) is 0 Å². The maximum atomic E-state index is 10.7. The molecular formula is C8H12O3. The average Bonchev–Trinajstić information content (AvgIpc) is 2.04. The van der Waals surface area contributed by atoms with Gasteiger partial charge in [0.2, 0.25) is 5.43 Å². The molecule has 0 aromatic carbocycles. The van der Waals surface area contributed by atoms with E-state index in [-0.39, 0.29) is 11.2 Å². The summed E-state index contributed by atoms with van der Waals surface area (Å²) >= 11 is 0. The second-order valence-corrected chi connectivity index (χ2v) is 1.77. The normalized spacial score (nSPS) is 8.27. The first-order valence-corrected chi connectivity index (χ1v) is 3.48. The number of aryl methyl sites for hydroxylation is 1. The highest BCUT2D eigenvalue weighted by atomic mass is 16.3. The summed E-state index contributed by atoms with van der Waals surface area (Å²) in [4.78, 5) is 10.7. The quantitative estimate of drug-likeness (QED) is 0.621. The van der Waals surface area contributed by atoms with Crippen LogP contribution in [0.4, 0.5) is 0 Å². The van der Waals surface area contributed by atoms with E-state index >= 15 is 0 Å². The van der Waals surface area contributed by atoms with Crippen molar-refractivity contribution < 1.29 is 9.52 Å². The van der Waals surface area contributed by atoms with Crippen molar-refractivity contribution in [3.63, 3.8) is 0 Å². The van der Waals surface area contributed by atoms with Gasteiger partial charge in [-0.1, -0.05) is 13.8 Å². The Morgan fingerprint density at radius 3 is 2.27 bits per heavy atom. The van der Waals surface area contributed by atoms with Crippen molar-refractivity contribution in [2.45, 2.75) is 20.8 Å². The van der Waals surface area contributed by atoms with Crippen molar-refractivity contribution in [2.75, 3.05) is 0 Å². The molecule has 1 heterocycles. The van der Waals surface area contributed by atoms with Crippen LogP contribution in [-0.4, -0.2) is 5.11 Å². The van der Waals surface area contributed by atoms with E-state index in [4.69, 9.17) is 5.11 Å². The van der Waals surface area contributed by atoms with Crippen molar-refractivity contribution in [2.24, 2.45) is 0 Å². The highest BCUT2D eigenvalue weighted by Gasteiger charge is 1.97. The Kier molecular flexibility index (Phi) is 4.03. The smallest absolute Gasteiger partial charge is 0.229 e. The third-order valence-corrected chi connectivity index (χ3v) is 1.02. The van der Waals surface area contributed by atoms with Crippen LogP contribution in [0.25, 0.3) is 0 Å². The minimum Gasteiger partial charge on any atom is -0.502 e. The maximum absolute atomic E-state index is 10.7. The molecular weight excluding hydrogens is 144 g/mol. The van der Waals surface area contributed by atoms with Gasteiger partial charge < -0.3 is 9.52 Å². The topological polar surface area (TPSA) is 50.4 Å². The molecule has 1 aromatic rings. The van der Waals surface area contributed by atoms with E-state index in [0.29, 0.717) is 5.56 Å². The van der Waals surface area contributed by atoms with E-state index in [0.717, 1.165) is 6.26 Å². The number of aromatic hydroxyl groups is 1. The first-order chi connectivity index (χ1) is 5.22. The summed E-state index contributed by atoms with van der Waals surface area (Å²) in [6.45, 7) is 5.57. The number of rotatable bonds is 0. The summed E-state index contributed by atoms with van der Waals surface area (Å²) in [5.74, 6) is -0.338. The monoisotopic (exact) mass is 156 g/mol. The second-order valence-electron chi connectivity index (χ2n) is 1.77. The summed E-state index contributed by atoms with van der Waals surface area (Å²) in [6, 6.07) is 0. The van der Waals surface area contributed by atoms with Gasteiger partial charge in [-0.05, 0) is 6.92 Å². The van der Waals surface area contributed by atoms with Gasteiger partial charge in [-0.25, -0.2) is 0 Å². The van der Waals surface area contributed by atoms with Gasteiger partial charge in [0.05, 0.1) is 6.26 Å². The summed E-state index contributed by atoms with van der Waals surface area (Å²) in [5, 5.41) is 8.69. The molecule has 0 bridgehead atoms. The molecule has 11 heavy (non-hydrogen) atoms. The van der Waals surface area contributed by atoms with Crippen LogP contribution in [0.2, 0.25) is 0 Å². The van der Waals surface area contributed by atoms with Crippen LogP contribution in [0.1, 0.15) is 19.4 Å². The molecule has 0 saturated carbocycles. The van der Waals surface area contributed by atoms with Crippen LogP contribution in [0, 0.1) is 6.92 Å². The van der Waals surface area contributed by atoms with Gasteiger partial charge in [0.15, 0.2) is 5.75 Å². The zero-order valence-electron chi connectivity index (χ0n) is 6.92. The fourth-order valence-electron chi connectivity index (χ4n) is 0.510. The van der Waals surface area contributed by atoms with Crippen molar-refractivity contribution in [1.82, 2.24) is 0 Å². The summed E-state index contributed by atoms with van der Waals surface area (Å²) < 4.78 is 4.57. The molecule has 0 atom stereocenters. The van der Waals surface area contributed by atoms with Crippen LogP contribution in [-0.2, 0) is 0 Å². The summed E-state index contributed by atoms with van der Waals surface area (Å²) in [6.07, 6.45) is 2.30. The van der Waals surface area contributed by atoms with Crippen molar-refractivity contribution in [3.8, 4) is 5.75 Å². The van der Waals surface area contributed by atoms with E-state index in [9.17, 15) is 4.79 Å². The largest absolute Gasteiger partial charge is 0.502 e. The third kappa shape index (κ3) is 2.45. The van der Waals surface area contributed by atoms with E-state index in [1.807, 2.05) is 13.8 Å². The Labute approximate surface area is 65.3 Å². The third-order valence-electron chi connectivity index (χ3n) is 1.02. The van der Waals surface area contributed by atoms with Gasteiger partial charge in [-0.2, -0.15) is 0 Å². The number of hydrogen-bond acceptors (Lipinski definition) is 3. The van der Waals surface area contributed by atoms with Crippen LogP contribution in [0.15, 0.2) is 21.7 Å². The Balaban J connectivity index is 0.000000461. The molecule has 0 amide bonds. The first-order valence-electron chi connectivity index (χ1n) is 3.48. The molecule has 0 fully saturated rings. The summed E-state index contributed by atoms with van der Waals surface area (Å²) in [5.41, 5.74) is 0.0382. The zero-order valence-corrected chi connectivity index (χ0v) is 6.92. The van der Waals surface area contributed by atoms with Crippen LogP contribution in [0.5, 0.6) is 5.75 Å². The fraction of sp³-hybridized carbons (Fsp3) is 0.375. The lowest BCUT2D eigenvalue weighted by molar-refractivity contribution is 0.427. The predicted molar refractivity (Wildman–Crippen MR) is 42.7 cm³/mol. The average molecular weight is 156 g/mol. The van der Waals surface area contributed by atoms with Gasteiger partial charge in [0.1, 0.15) is 6.26 Å². The molecule has 0 aliphatic carbocycles. The van der Waals surface area contributed by atoms with E-state index in [1.54, 1.807) is 6.92 Å². The standard InChI is InChI=1S/C6H6O3.C2H6/c1-4-2-9-3-5(7)6(4)8;1-2/h2-3,7H,1H3;1-2H3. The van der Waals surface area contributed by atoms with Crippen molar-refractivity contribution >= 4 is 0 Å². The SMILES string of the molecule is CC.Cc1cocc(O)c1=O. The molecule has 1 aromatic heterocycles. The molecule has 0 aliphatic heterocycles. The highest BCUT2D eigenvalue weighted by molar-refractivity contribution is 5.18. The van der Waals surface area contributed by atoms with Gasteiger partial charge in [-0.3, -0.25) is 4.79 Å². The van der Waals surface area contributed by atoms with Crippen LogP contribution >= 0.6 is 0 Å². The second kappa shape index (κ2) is 4.55. The highest BCUT2D eigenvalue weighted by Crippen LogP contribution is 1.99. The van der Waals surface area contributed by atoms with E-state index < -0.39 is 0 Å². The lowest BCUT2D eigenvalue weighted by Crippen LogP contribution is -2.01. The Hall–Kier alpha value is -1.25. The molecule has 1 N–H and O–H groups in total. The fourth-order valence-corrected chi connectivity index (χ4v) is 0.510. The lowest BCUT2D eigenvalue weighted by Gasteiger charge is -1.88. The van der Waals surface area contributed by atoms with E-state index in [1.165, 1.54) is 6.26 Å². The minimum atomic E-state index is -0.374. The lowest BCUT2D eigenvalue weighted by atomic mass is 10.3. The predicted octanol–water partition coefficient (Wildman–Crippen LogP) is 1.68. The molecule has 0 spiro atoms.